The second-order valence-electron chi connectivity index (χ2n) is 4.45. The molecular formula is C12H25NO3. The zero-order valence-corrected chi connectivity index (χ0v) is 10.7. The van der Waals surface area contributed by atoms with Crippen LogP contribution in [-0.4, -0.2) is 51.2 Å². The third-order valence-corrected chi connectivity index (χ3v) is 2.61. The van der Waals surface area contributed by atoms with Crippen molar-refractivity contribution in [3.63, 3.8) is 0 Å². The molecule has 96 valence electrons. The zero-order valence-electron chi connectivity index (χ0n) is 10.7. The highest BCUT2D eigenvalue weighted by Gasteiger charge is 2.17. The van der Waals surface area contributed by atoms with Gasteiger partial charge in [-0.3, -0.25) is 0 Å². The van der Waals surface area contributed by atoms with E-state index >= 15 is 0 Å². The van der Waals surface area contributed by atoms with Gasteiger partial charge in [0, 0.05) is 25.3 Å². The smallest absolute Gasteiger partial charge is 0.0831 e. The van der Waals surface area contributed by atoms with Crippen molar-refractivity contribution in [2.45, 2.75) is 45.4 Å². The van der Waals surface area contributed by atoms with Gasteiger partial charge in [-0.1, -0.05) is 0 Å². The average Bonchev–Trinajstić information content (AvgIpc) is 2.76. The first-order valence-corrected chi connectivity index (χ1v) is 6.25. The normalized spacial score (nSPS) is 24.6. The van der Waals surface area contributed by atoms with E-state index in [9.17, 15) is 0 Å². The molecule has 4 heteroatoms. The summed E-state index contributed by atoms with van der Waals surface area (Å²) in [6.07, 6.45) is 1.33. The van der Waals surface area contributed by atoms with Crippen LogP contribution in [0, 0.1) is 0 Å². The summed E-state index contributed by atoms with van der Waals surface area (Å²) in [5.41, 5.74) is 0. The lowest BCUT2D eigenvalue weighted by Crippen LogP contribution is -2.40. The van der Waals surface area contributed by atoms with E-state index in [1.165, 1.54) is 0 Å². The molecule has 1 saturated heterocycles. The van der Waals surface area contributed by atoms with E-state index in [2.05, 4.69) is 19.2 Å². The summed E-state index contributed by atoms with van der Waals surface area (Å²) in [5, 5.41) is 3.45. The second-order valence-corrected chi connectivity index (χ2v) is 4.45. The Morgan fingerprint density at radius 1 is 1.31 bits per heavy atom. The van der Waals surface area contributed by atoms with Crippen LogP contribution in [0.1, 0.15) is 27.2 Å². The molecule has 0 aromatic rings. The van der Waals surface area contributed by atoms with E-state index in [1.807, 2.05) is 6.92 Å². The van der Waals surface area contributed by atoms with E-state index in [1.54, 1.807) is 0 Å². The molecule has 1 aliphatic heterocycles. The Labute approximate surface area is 98.6 Å². The molecule has 0 saturated carbocycles. The molecule has 0 amide bonds. The Hall–Kier alpha value is -0.160. The maximum Gasteiger partial charge on any atom is 0.0831 e. The van der Waals surface area contributed by atoms with E-state index in [0.717, 1.165) is 39.5 Å². The van der Waals surface area contributed by atoms with Crippen molar-refractivity contribution in [2.75, 3.05) is 33.0 Å². The van der Waals surface area contributed by atoms with Gasteiger partial charge in [-0.15, -0.1) is 0 Å². The highest BCUT2D eigenvalue weighted by molar-refractivity contribution is 4.69. The van der Waals surface area contributed by atoms with Crippen LogP contribution in [0.15, 0.2) is 0 Å². The van der Waals surface area contributed by atoms with Crippen LogP contribution in [0.2, 0.25) is 0 Å². The maximum absolute atomic E-state index is 5.74. The monoisotopic (exact) mass is 231 g/mol. The second kappa shape index (κ2) is 8.01. The van der Waals surface area contributed by atoms with Gasteiger partial charge in [-0.25, -0.2) is 0 Å². The molecule has 0 aromatic carbocycles. The highest BCUT2D eigenvalue weighted by atomic mass is 16.5. The lowest BCUT2D eigenvalue weighted by Gasteiger charge is -2.21. The molecular weight excluding hydrogens is 206 g/mol. The van der Waals surface area contributed by atoms with Gasteiger partial charge in [0.1, 0.15) is 0 Å². The zero-order chi connectivity index (χ0) is 11.8. The van der Waals surface area contributed by atoms with Crippen molar-refractivity contribution in [3.8, 4) is 0 Å². The van der Waals surface area contributed by atoms with Crippen LogP contribution < -0.4 is 5.32 Å². The van der Waals surface area contributed by atoms with Gasteiger partial charge < -0.3 is 19.5 Å². The van der Waals surface area contributed by atoms with Crippen molar-refractivity contribution in [1.29, 1.82) is 0 Å². The van der Waals surface area contributed by atoms with Crippen LogP contribution in [0.3, 0.4) is 0 Å². The van der Waals surface area contributed by atoms with Gasteiger partial charge in [-0.2, -0.15) is 0 Å². The highest BCUT2D eigenvalue weighted by Crippen LogP contribution is 2.08. The van der Waals surface area contributed by atoms with Crippen molar-refractivity contribution in [1.82, 2.24) is 5.32 Å². The van der Waals surface area contributed by atoms with E-state index in [0.29, 0.717) is 18.2 Å². The molecule has 0 spiro atoms. The van der Waals surface area contributed by atoms with Gasteiger partial charge in [0.25, 0.3) is 0 Å². The van der Waals surface area contributed by atoms with E-state index in [-0.39, 0.29) is 0 Å². The summed E-state index contributed by atoms with van der Waals surface area (Å²) in [4.78, 5) is 0. The molecule has 3 unspecified atom stereocenters. The third-order valence-electron chi connectivity index (χ3n) is 2.61. The molecule has 1 fully saturated rings. The molecule has 0 aromatic heterocycles. The van der Waals surface area contributed by atoms with Crippen LogP contribution in [0.25, 0.3) is 0 Å². The largest absolute Gasteiger partial charge is 0.380 e. The summed E-state index contributed by atoms with van der Waals surface area (Å²) in [6, 6.07) is 0.731. The van der Waals surface area contributed by atoms with Gasteiger partial charge in [0.15, 0.2) is 0 Å². The first-order chi connectivity index (χ1) is 7.72. The first kappa shape index (κ1) is 13.9. The molecule has 16 heavy (non-hydrogen) atoms. The van der Waals surface area contributed by atoms with Crippen molar-refractivity contribution in [2.24, 2.45) is 0 Å². The molecule has 1 rings (SSSR count). The summed E-state index contributed by atoms with van der Waals surface area (Å²) in [7, 11) is 0. The fraction of sp³-hybridized carbons (Fsp3) is 1.00. The molecule has 0 bridgehead atoms. The lowest BCUT2D eigenvalue weighted by molar-refractivity contribution is 0.0283. The number of ether oxygens (including phenoxy) is 3. The van der Waals surface area contributed by atoms with Crippen molar-refractivity contribution >= 4 is 0 Å². The van der Waals surface area contributed by atoms with Gasteiger partial charge in [-0.05, 0) is 27.2 Å². The van der Waals surface area contributed by atoms with Crippen LogP contribution in [-0.2, 0) is 14.2 Å². The standard InChI is InChI=1S/C12H25NO3/c1-4-14-7-10(2)13-11(3)8-16-12-5-6-15-9-12/h10-13H,4-9H2,1-3H3. The minimum atomic E-state index is 0.298. The van der Waals surface area contributed by atoms with Gasteiger partial charge in [0.2, 0.25) is 0 Å². The molecule has 3 atom stereocenters. The van der Waals surface area contributed by atoms with Crippen molar-refractivity contribution < 1.29 is 14.2 Å². The molecule has 0 aliphatic carbocycles. The third kappa shape index (κ3) is 5.80. The molecule has 1 aliphatic rings. The summed E-state index contributed by atoms with van der Waals surface area (Å²) in [6.45, 7) is 10.1. The van der Waals surface area contributed by atoms with Crippen LogP contribution in [0.5, 0.6) is 0 Å². The Morgan fingerprint density at radius 3 is 2.69 bits per heavy atom. The first-order valence-electron chi connectivity index (χ1n) is 6.25. The molecule has 1 heterocycles. The molecule has 0 radical (unpaired) electrons. The summed E-state index contributed by atoms with van der Waals surface area (Å²) < 4.78 is 16.4. The van der Waals surface area contributed by atoms with E-state index < -0.39 is 0 Å². The topological polar surface area (TPSA) is 39.7 Å². The fourth-order valence-electron chi connectivity index (χ4n) is 1.80. The Kier molecular flexibility index (Phi) is 6.96. The van der Waals surface area contributed by atoms with Crippen molar-refractivity contribution in [3.05, 3.63) is 0 Å². The minimum Gasteiger partial charge on any atom is -0.380 e. The van der Waals surface area contributed by atoms with Gasteiger partial charge in [0.05, 0.1) is 25.9 Å². The molecule has 1 N–H and O–H groups in total. The van der Waals surface area contributed by atoms with E-state index in [4.69, 9.17) is 14.2 Å². The number of hydrogen-bond donors (Lipinski definition) is 1. The average molecular weight is 231 g/mol. The summed E-state index contributed by atoms with van der Waals surface area (Å²) >= 11 is 0. The Balaban J connectivity index is 2.02. The SMILES string of the molecule is CCOCC(C)NC(C)COC1CCOC1. The number of hydrogen-bond acceptors (Lipinski definition) is 4. The quantitative estimate of drug-likeness (QED) is 0.681. The van der Waals surface area contributed by atoms with Crippen LogP contribution in [0.4, 0.5) is 0 Å². The predicted octanol–water partition coefficient (Wildman–Crippen LogP) is 1.19. The predicted molar refractivity (Wildman–Crippen MR) is 63.7 cm³/mol. The molecule has 4 nitrogen and oxygen atoms in total. The number of rotatable bonds is 8. The lowest BCUT2D eigenvalue weighted by atomic mass is 10.2. The van der Waals surface area contributed by atoms with Crippen LogP contribution >= 0.6 is 0 Å². The fourth-order valence-corrected chi connectivity index (χ4v) is 1.80. The minimum absolute atomic E-state index is 0.298. The van der Waals surface area contributed by atoms with Gasteiger partial charge >= 0.3 is 0 Å². The Bertz CT molecular complexity index is 172. The number of nitrogens with one attached hydrogen (secondary N) is 1. The Morgan fingerprint density at radius 2 is 2.06 bits per heavy atom. The summed E-state index contributed by atoms with van der Waals surface area (Å²) in [5.74, 6) is 0. The maximum atomic E-state index is 5.74.